The van der Waals surface area contributed by atoms with Crippen LogP contribution in [0, 0.1) is 25.7 Å². The van der Waals surface area contributed by atoms with Crippen molar-refractivity contribution >= 4 is 39.6 Å². The van der Waals surface area contributed by atoms with Gasteiger partial charge in [0.2, 0.25) is 0 Å². The Kier molecular flexibility index (Phi) is 8.02. The summed E-state index contributed by atoms with van der Waals surface area (Å²) in [6.45, 7) is 8.24. The summed E-state index contributed by atoms with van der Waals surface area (Å²) in [5, 5.41) is 3.02. The molecule has 0 unspecified atom stereocenters. The Morgan fingerprint density at radius 3 is 2.69 bits per heavy atom. The van der Waals surface area contributed by atoms with Crippen LogP contribution in [0.25, 0.3) is 0 Å². The Morgan fingerprint density at radius 1 is 1.23 bits per heavy atom. The van der Waals surface area contributed by atoms with Gasteiger partial charge in [0, 0.05) is 15.4 Å². The molecule has 0 radical (unpaired) electrons. The number of benzene rings is 1. The van der Waals surface area contributed by atoms with E-state index >= 15 is 0 Å². The average molecular weight is 442 g/mol. The highest BCUT2D eigenvalue weighted by atomic mass is 79.9. The molecule has 1 N–H and O–H groups in total. The first kappa shape index (κ1) is 21.3. The Balaban J connectivity index is 1.74. The Morgan fingerprint density at radius 2 is 1.96 bits per heavy atom. The highest BCUT2D eigenvalue weighted by Crippen LogP contribution is 2.30. The van der Waals surface area contributed by atoms with Gasteiger partial charge in [-0.1, -0.05) is 42.6 Å². The fourth-order valence-electron chi connectivity index (χ4n) is 3.27. The van der Waals surface area contributed by atoms with Crippen LogP contribution in [-0.4, -0.2) is 30.3 Å². The van der Waals surface area contributed by atoms with E-state index in [1.165, 1.54) is 18.2 Å². The molecule has 0 aliphatic heterocycles. The van der Waals surface area contributed by atoms with Crippen LogP contribution in [0.4, 0.5) is 0 Å². The summed E-state index contributed by atoms with van der Waals surface area (Å²) in [6.07, 6.45) is 3.36. The molecule has 0 spiro atoms. The first-order valence-electron chi connectivity index (χ1n) is 9.12. The van der Waals surface area contributed by atoms with Crippen LogP contribution in [0.15, 0.2) is 21.5 Å². The Hall–Kier alpha value is -1.01. The molecule has 1 amide bonds. The van der Waals surface area contributed by atoms with E-state index in [4.69, 9.17) is 4.74 Å². The number of aryl methyl sites for hydroxylation is 2. The minimum atomic E-state index is -0.366. The molecule has 6 heteroatoms. The number of thioether (sulfide) groups is 1. The molecule has 2 rings (SSSR count). The maximum Gasteiger partial charge on any atom is 0.316 e. The number of nitrogens with one attached hydrogen (secondary N) is 1. The minimum Gasteiger partial charge on any atom is -0.455 e. The van der Waals surface area contributed by atoms with E-state index < -0.39 is 0 Å². The molecule has 0 bridgehead atoms. The van der Waals surface area contributed by atoms with Gasteiger partial charge in [-0.15, -0.1) is 11.8 Å². The fraction of sp³-hybridized carbons (Fsp3) is 0.600. The summed E-state index contributed by atoms with van der Waals surface area (Å²) in [5.41, 5.74) is 2.24. The molecule has 0 aromatic heterocycles. The second kappa shape index (κ2) is 9.79. The standard InChI is InChI=1S/C20H28BrNO3S/c1-12-6-5-7-17(15(12)4)22-19(23)10-25-20(24)11-26-18-9-13(2)16(21)8-14(18)3/h8-9,12,15,17H,5-7,10-11H2,1-4H3,(H,22,23)/t12-,15-,17-/m1/s1. The number of hydrogen-bond donors (Lipinski definition) is 1. The number of halogens is 1. The van der Waals surface area contributed by atoms with Gasteiger partial charge < -0.3 is 10.1 Å². The van der Waals surface area contributed by atoms with Crippen LogP contribution in [0.2, 0.25) is 0 Å². The molecule has 1 fully saturated rings. The molecule has 3 atom stereocenters. The Labute approximate surface area is 169 Å². The largest absolute Gasteiger partial charge is 0.455 e. The summed E-state index contributed by atoms with van der Waals surface area (Å²) in [7, 11) is 0. The summed E-state index contributed by atoms with van der Waals surface area (Å²) in [5.74, 6) is 0.708. The Bertz CT molecular complexity index is 665. The van der Waals surface area contributed by atoms with Crippen molar-refractivity contribution < 1.29 is 14.3 Å². The first-order chi connectivity index (χ1) is 12.3. The van der Waals surface area contributed by atoms with E-state index in [0.29, 0.717) is 11.8 Å². The SMILES string of the molecule is Cc1cc(SCC(=O)OCC(=O)N[C@@H]2CCC[C@@H](C)[C@H]2C)c(C)cc1Br. The van der Waals surface area contributed by atoms with E-state index in [1.807, 2.05) is 19.9 Å². The average Bonchev–Trinajstić information content (AvgIpc) is 2.59. The predicted octanol–water partition coefficient (Wildman–Crippen LogP) is 4.64. The zero-order valence-corrected chi connectivity index (χ0v) is 18.3. The number of carbonyl (C=O) groups excluding carboxylic acids is 2. The van der Waals surface area contributed by atoms with E-state index in [-0.39, 0.29) is 30.3 Å². The van der Waals surface area contributed by atoms with Crippen molar-refractivity contribution in [3.63, 3.8) is 0 Å². The quantitative estimate of drug-likeness (QED) is 0.515. The minimum absolute atomic E-state index is 0.188. The number of rotatable bonds is 6. The molecule has 1 aromatic carbocycles. The van der Waals surface area contributed by atoms with Crippen molar-refractivity contribution in [2.75, 3.05) is 12.4 Å². The van der Waals surface area contributed by atoms with Crippen molar-refractivity contribution in [3.8, 4) is 0 Å². The van der Waals surface area contributed by atoms with Gasteiger partial charge in [0.05, 0.1) is 5.75 Å². The van der Waals surface area contributed by atoms with Crippen LogP contribution >= 0.6 is 27.7 Å². The third kappa shape index (κ3) is 6.02. The molecule has 0 saturated heterocycles. The van der Waals surface area contributed by atoms with Gasteiger partial charge in [-0.05, 0) is 55.4 Å². The smallest absolute Gasteiger partial charge is 0.316 e. The molecule has 1 saturated carbocycles. The molecule has 26 heavy (non-hydrogen) atoms. The molecule has 1 aliphatic carbocycles. The van der Waals surface area contributed by atoms with Gasteiger partial charge in [0.25, 0.3) is 5.91 Å². The fourth-order valence-corrected chi connectivity index (χ4v) is 4.63. The van der Waals surface area contributed by atoms with Gasteiger partial charge >= 0.3 is 5.97 Å². The van der Waals surface area contributed by atoms with E-state index in [0.717, 1.165) is 33.3 Å². The van der Waals surface area contributed by atoms with E-state index in [9.17, 15) is 9.59 Å². The molecular weight excluding hydrogens is 414 g/mol. The second-order valence-corrected chi connectivity index (χ2v) is 9.13. The lowest BCUT2D eigenvalue weighted by Gasteiger charge is -2.34. The normalized spacial score (nSPS) is 22.7. The number of ether oxygens (including phenoxy) is 1. The maximum absolute atomic E-state index is 12.1. The van der Waals surface area contributed by atoms with Crippen molar-refractivity contribution in [1.82, 2.24) is 5.32 Å². The van der Waals surface area contributed by atoms with E-state index in [2.05, 4.69) is 41.2 Å². The topological polar surface area (TPSA) is 55.4 Å². The molecule has 4 nitrogen and oxygen atoms in total. The van der Waals surface area contributed by atoms with Gasteiger partial charge in [0.15, 0.2) is 6.61 Å². The van der Waals surface area contributed by atoms with Crippen LogP contribution < -0.4 is 5.32 Å². The zero-order chi connectivity index (χ0) is 19.3. The predicted molar refractivity (Wildman–Crippen MR) is 109 cm³/mol. The van der Waals surface area contributed by atoms with Gasteiger partial charge in [-0.25, -0.2) is 0 Å². The van der Waals surface area contributed by atoms with Gasteiger partial charge in [-0.2, -0.15) is 0 Å². The summed E-state index contributed by atoms with van der Waals surface area (Å²) in [4.78, 5) is 25.1. The molecular formula is C20H28BrNO3S. The van der Waals surface area contributed by atoms with Crippen molar-refractivity contribution in [2.24, 2.45) is 11.8 Å². The molecule has 144 valence electrons. The van der Waals surface area contributed by atoms with Gasteiger partial charge in [0.1, 0.15) is 0 Å². The lowest BCUT2D eigenvalue weighted by Crippen LogP contribution is -2.45. The highest BCUT2D eigenvalue weighted by molar-refractivity contribution is 9.10. The summed E-state index contributed by atoms with van der Waals surface area (Å²) < 4.78 is 6.20. The van der Waals surface area contributed by atoms with E-state index in [1.54, 1.807) is 0 Å². The highest BCUT2D eigenvalue weighted by Gasteiger charge is 2.28. The maximum atomic E-state index is 12.1. The lowest BCUT2D eigenvalue weighted by molar-refractivity contribution is -0.146. The summed E-state index contributed by atoms with van der Waals surface area (Å²) >= 11 is 4.94. The number of hydrogen-bond acceptors (Lipinski definition) is 4. The first-order valence-corrected chi connectivity index (χ1v) is 10.9. The van der Waals surface area contributed by atoms with Gasteiger partial charge in [-0.3, -0.25) is 9.59 Å². The lowest BCUT2D eigenvalue weighted by atomic mass is 9.78. The zero-order valence-electron chi connectivity index (χ0n) is 15.9. The second-order valence-electron chi connectivity index (χ2n) is 7.26. The van der Waals surface area contributed by atoms with Crippen LogP contribution in [0.3, 0.4) is 0 Å². The summed E-state index contributed by atoms with van der Waals surface area (Å²) in [6, 6.07) is 4.28. The number of carbonyl (C=O) groups is 2. The third-order valence-electron chi connectivity index (χ3n) is 5.22. The monoisotopic (exact) mass is 441 g/mol. The molecule has 0 heterocycles. The van der Waals surface area contributed by atoms with Crippen LogP contribution in [0.1, 0.15) is 44.2 Å². The van der Waals surface area contributed by atoms with Crippen LogP contribution in [0.5, 0.6) is 0 Å². The van der Waals surface area contributed by atoms with Crippen molar-refractivity contribution in [3.05, 3.63) is 27.7 Å². The molecule has 1 aliphatic rings. The number of amides is 1. The molecule has 1 aromatic rings. The van der Waals surface area contributed by atoms with Crippen LogP contribution in [-0.2, 0) is 14.3 Å². The third-order valence-corrected chi connectivity index (χ3v) is 7.20. The number of esters is 1. The van der Waals surface area contributed by atoms with Crippen molar-refractivity contribution in [2.45, 2.75) is 57.9 Å². The van der Waals surface area contributed by atoms with Crippen molar-refractivity contribution in [1.29, 1.82) is 0 Å².